The van der Waals surface area contributed by atoms with Gasteiger partial charge in [0, 0.05) is 4.91 Å². The molecule has 3 heterocycles. The van der Waals surface area contributed by atoms with Crippen LogP contribution in [-0.2, 0) is 4.74 Å². The number of halogens is 1. The van der Waals surface area contributed by atoms with E-state index in [1.807, 2.05) is 0 Å². The van der Waals surface area contributed by atoms with E-state index in [0.717, 1.165) is 0 Å². The third-order valence-corrected chi connectivity index (χ3v) is 3.57. The lowest BCUT2D eigenvalue weighted by atomic mass is 10.1. The van der Waals surface area contributed by atoms with Crippen molar-refractivity contribution in [3.05, 3.63) is 28.3 Å². The molecule has 0 amide bonds. The van der Waals surface area contributed by atoms with Crippen LogP contribution in [0.3, 0.4) is 0 Å². The molecule has 1 fully saturated rings. The van der Waals surface area contributed by atoms with Crippen molar-refractivity contribution < 1.29 is 14.9 Å². The predicted octanol–water partition coefficient (Wildman–Crippen LogP) is 0.409. The zero-order chi connectivity index (χ0) is 15.0. The highest BCUT2D eigenvalue weighted by atomic mass is 35.5. The van der Waals surface area contributed by atoms with Crippen LogP contribution >= 0.6 is 11.6 Å². The smallest absolute Gasteiger partial charge is 0.166 e. The van der Waals surface area contributed by atoms with Crippen molar-refractivity contribution in [3.8, 4) is 0 Å². The minimum atomic E-state index is -1.13. The number of aliphatic hydroxyl groups is 2. The number of hydrogen-bond donors (Lipinski definition) is 2. The zero-order valence-electron chi connectivity index (χ0n) is 10.5. The fourth-order valence-electron chi connectivity index (χ4n) is 2.30. The molecule has 4 atom stereocenters. The summed E-state index contributed by atoms with van der Waals surface area (Å²) in [7, 11) is 0. The topological polar surface area (TPSA) is 142 Å². The van der Waals surface area contributed by atoms with Gasteiger partial charge in [0.2, 0.25) is 0 Å². The molecule has 2 aromatic rings. The molecule has 0 aromatic carbocycles. The summed E-state index contributed by atoms with van der Waals surface area (Å²) in [6.07, 6.45) is -0.169. The van der Waals surface area contributed by atoms with E-state index in [1.165, 1.54) is 17.2 Å². The third kappa shape index (κ3) is 2.19. The third-order valence-electron chi connectivity index (χ3n) is 3.29. The molecule has 2 N–H and O–H groups in total. The second kappa shape index (κ2) is 5.43. The van der Waals surface area contributed by atoms with E-state index in [2.05, 4.69) is 25.0 Å². The van der Waals surface area contributed by atoms with Crippen molar-refractivity contribution in [2.45, 2.75) is 24.5 Å². The molecule has 3 rings (SSSR count). The van der Waals surface area contributed by atoms with Gasteiger partial charge in [-0.3, -0.25) is 4.57 Å². The summed E-state index contributed by atoms with van der Waals surface area (Å²) in [4.78, 5) is 14.7. The highest BCUT2D eigenvalue weighted by Gasteiger charge is 2.44. The number of ether oxygens (including phenoxy) is 1. The standard InChI is InChI=1S/C10H10ClN7O3/c11-8-6-9(14-2-13-8)18(3-15-6)10-5(16-17-12)7(20)4(1-19)21-10/h2-5,7,10,19-20H,1H2/t4-,5-,7-,10-/m1/s1. The van der Waals surface area contributed by atoms with Gasteiger partial charge < -0.3 is 14.9 Å². The van der Waals surface area contributed by atoms with Gasteiger partial charge in [0.05, 0.1) is 19.0 Å². The van der Waals surface area contributed by atoms with Gasteiger partial charge in [-0.2, -0.15) is 0 Å². The molecular weight excluding hydrogens is 302 g/mol. The fourth-order valence-corrected chi connectivity index (χ4v) is 2.48. The van der Waals surface area contributed by atoms with Crippen molar-refractivity contribution in [1.29, 1.82) is 0 Å². The van der Waals surface area contributed by atoms with Crippen LogP contribution in [0.4, 0.5) is 0 Å². The molecule has 2 aromatic heterocycles. The number of rotatable bonds is 3. The number of imidazole rings is 1. The summed E-state index contributed by atoms with van der Waals surface area (Å²) >= 11 is 5.92. The molecule has 0 radical (unpaired) electrons. The van der Waals surface area contributed by atoms with Crippen LogP contribution in [0.15, 0.2) is 17.8 Å². The number of aliphatic hydroxyl groups excluding tert-OH is 2. The van der Waals surface area contributed by atoms with Crippen LogP contribution in [0.1, 0.15) is 6.23 Å². The minimum absolute atomic E-state index is 0.177. The van der Waals surface area contributed by atoms with E-state index in [9.17, 15) is 10.2 Å². The van der Waals surface area contributed by atoms with Gasteiger partial charge in [-0.05, 0) is 5.53 Å². The second-order valence-corrected chi connectivity index (χ2v) is 4.78. The average molecular weight is 312 g/mol. The number of fused-ring (bicyclic) bond motifs is 1. The van der Waals surface area contributed by atoms with Crippen molar-refractivity contribution in [1.82, 2.24) is 19.5 Å². The molecule has 21 heavy (non-hydrogen) atoms. The van der Waals surface area contributed by atoms with Crippen LogP contribution in [0.2, 0.25) is 5.15 Å². The fraction of sp³-hybridized carbons (Fsp3) is 0.500. The van der Waals surface area contributed by atoms with E-state index in [4.69, 9.17) is 21.9 Å². The Morgan fingerprint density at radius 1 is 1.48 bits per heavy atom. The van der Waals surface area contributed by atoms with E-state index in [1.54, 1.807) is 0 Å². The summed E-state index contributed by atoms with van der Waals surface area (Å²) in [5.74, 6) is 0. The molecule has 110 valence electrons. The van der Waals surface area contributed by atoms with Crippen molar-refractivity contribution in [2.75, 3.05) is 6.61 Å². The Kier molecular flexibility index (Phi) is 3.62. The average Bonchev–Trinajstić information content (AvgIpc) is 3.03. The summed E-state index contributed by atoms with van der Waals surface area (Å²) in [6, 6.07) is -0.918. The van der Waals surface area contributed by atoms with Gasteiger partial charge in [0.1, 0.15) is 30.2 Å². The summed E-state index contributed by atoms with van der Waals surface area (Å²) in [5.41, 5.74) is 9.38. The summed E-state index contributed by atoms with van der Waals surface area (Å²) in [6.45, 7) is -0.405. The molecule has 10 nitrogen and oxygen atoms in total. The van der Waals surface area contributed by atoms with Crippen LogP contribution < -0.4 is 0 Å². The van der Waals surface area contributed by atoms with E-state index < -0.39 is 31.1 Å². The Labute approximate surface area is 122 Å². The van der Waals surface area contributed by atoms with Gasteiger partial charge in [-0.25, -0.2) is 15.0 Å². The number of aromatic nitrogens is 4. The first-order valence-corrected chi connectivity index (χ1v) is 6.36. The van der Waals surface area contributed by atoms with E-state index in [-0.39, 0.29) is 5.15 Å². The maximum atomic E-state index is 10.0. The first-order chi connectivity index (χ1) is 10.2. The highest BCUT2D eigenvalue weighted by Crippen LogP contribution is 2.34. The molecule has 1 aliphatic heterocycles. The number of nitrogens with zero attached hydrogens (tertiary/aromatic N) is 7. The largest absolute Gasteiger partial charge is 0.394 e. The Morgan fingerprint density at radius 2 is 2.29 bits per heavy atom. The van der Waals surface area contributed by atoms with Crippen molar-refractivity contribution in [3.63, 3.8) is 0 Å². The lowest BCUT2D eigenvalue weighted by molar-refractivity contribution is -0.0437. The molecule has 1 aliphatic rings. The first kappa shape index (κ1) is 14.0. The van der Waals surface area contributed by atoms with Crippen molar-refractivity contribution >= 4 is 22.8 Å². The Balaban J connectivity index is 2.08. The highest BCUT2D eigenvalue weighted by molar-refractivity contribution is 6.33. The van der Waals surface area contributed by atoms with E-state index in [0.29, 0.717) is 11.2 Å². The zero-order valence-corrected chi connectivity index (χ0v) is 11.2. The predicted molar refractivity (Wildman–Crippen MR) is 70.3 cm³/mol. The first-order valence-electron chi connectivity index (χ1n) is 5.99. The van der Waals surface area contributed by atoms with Gasteiger partial charge in [-0.1, -0.05) is 16.7 Å². The summed E-state index contributed by atoms with van der Waals surface area (Å²) < 4.78 is 7.02. The molecule has 0 spiro atoms. The van der Waals surface area contributed by atoms with Gasteiger partial charge >= 0.3 is 0 Å². The van der Waals surface area contributed by atoms with Crippen LogP contribution in [-0.4, -0.2) is 54.6 Å². The lowest BCUT2D eigenvalue weighted by Crippen LogP contribution is -2.31. The molecule has 11 heteroatoms. The van der Waals surface area contributed by atoms with Crippen molar-refractivity contribution in [2.24, 2.45) is 5.11 Å². The minimum Gasteiger partial charge on any atom is -0.394 e. The Bertz CT molecular complexity index is 716. The van der Waals surface area contributed by atoms with Gasteiger partial charge in [0.25, 0.3) is 0 Å². The van der Waals surface area contributed by atoms with Crippen LogP contribution in [0.5, 0.6) is 0 Å². The molecule has 0 bridgehead atoms. The second-order valence-electron chi connectivity index (χ2n) is 4.42. The van der Waals surface area contributed by atoms with Gasteiger partial charge in [-0.15, -0.1) is 0 Å². The quantitative estimate of drug-likeness (QED) is 0.364. The Morgan fingerprint density at radius 3 is 3.00 bits per heavy atom. The molecular formula is C10H10ClN7O3. The molecule has 0 aliphatic carbocycles. The van der Waals surface area contributed by atoms with Crippen LogP contribution in [0, 0.1) is 0 Å². The number of azide groups is 1. The lowest BCUT2D eigenvalue weighted by Gasteiger charge is -2.16. The maximum absolute atomic E-state index is 10.0. The SMILES string of the molecule is [N-]=[N+]=N[C@@H]1[C@H](O)[C@@H](CO)O[C@H]1n1cnc2c(Cl)ncnc21. The monoisotopic (exact) mass is 311 g/mol. The number of hydrogen-bond acceptors (Lipinski definition) is 7. The van der Waals surface area contributed by atoms with Gasteiger partial charge in [0.15, 0.2) is 10.8 Å². The summed E-state index contributed by atoms with van der Waals surface area (Å²) in [5, 5.41) is 23.0. The van der Waals surface area contributed by atoms with E-state index >= 15 is 0 Å². The normalized spacial score (nSPS) is 28.7. The Hall–Kier alpha value is -1.97. The molecule has 0 saturated carbocycles. The molecule has 1 saturated heterocycles. The maximum Gasteiger partial charge on any atom is 0.166 e. The molecule has 0 unspecified atom stereocenters. The van der Waals surface area contributed by atoms with Crippen LogP contribution in [0.25, 0.3) is 21.6 Å².